The number of methoxy groups -OCH3 is 1. The largest absolute Gasteiger partial charge is 0.478 e. The lowest BCUT2D eigenvalue weighted by Crippen LogP contribution is -2.51. The Morgan fingerprint density at radius 2 is 1.95 bits per heavy atom. The van der Waals surface area contributed by atoms with Gasteiger partial charge in [0.1, 0.15) is 30.6 Å². The van der Waals surface area contributed by atoms with Crippen molar-refractivity contribution in [3.05, 3.63) is 64.3 Å². The van der Waals surface area contributed by atoms with E-state index >= 15 is 4.48 Å². The maximum absolute atomic E-state index is 15.0. The number of fused-ring (bicyclic) bond motifs is 1. The second kappa shape index (κ2) is 10.8. The number of nitrogens with zero attached hydrogens (tertiary/aromatic N) is 4. The molecule has 1 fully saturated rings. The van der Waals surface area contributed by atoms with E-state index in [1.807, 2.05) is 0 Å². The molecule has 1 aliphatic heterocycles. The van der Waals surface area contributed by atoms with Gasteiger partial charge >= 0.3 is 5.97 Å². The molecular weight excluding hydrogens is 526 g/mol. The van der Waals surface area contributed by atoms with Crippen LogP contribution in [0.3, 0.4) is 0 Å². The zero-order chi connectivity index (χ0) is 27.7. The number of carboxylic acid groups (broad SMARTS) is 1. The number of halogens is 3. The number of carbonyl (C=O) groups is 4. The van der Waals surface area contributed by atoms with Crippen LogP contribution in [-0.2, 0) is 27.4 Å². The van der Waals surface area contributed by atoms with Crippen LogP contribution in [0.2, 0.25) is 5.02 Å². The molecule has 3 atom stereocenters. The molecule has 0 radical (unpaired) electrons. The van der Waals surface area contributed by atoms with Gasteiger partial charge in [0.15, 0.2) is 5.78 Å². The number of hydrogen-bond acceptors (Lipinski definition) is 6. The van der Waals surface area contributed by atoms with Gasteiger partial charge in [-0.1, -0.05) is 28.2 Å². The van der Waals surface area contributed by atoms with Crippen LogP contribution in [0, 0.1) is 0 Å². The van der Waals surface area contributed by atoms with E-state index in [4.69, 9.17) is 16.3 Å². The van der Waals surface area contributed by atoms with Gasteiger partial charge in [-0.3, -0.25) is 19.1 Å². The summed E-state index contributed by atoms with van der Waals surface area (Å²) in [5.41, 5.74) is 0.462. The van der Waals surface area contributed by atoms with Crippen molar-refractivity contribution < 1.29 is 37.9 Å². The van der Waals surface area contributed by atoms with E-state index in [9.17, 15) is 28.7 Å². The average molecular weight is 549 g/mol. The molecule has 4 rings (SSSR count). The third-order valence-electron chi connectivity index (χ3n) is 6.29. The standard InChI is InChI=1S/C25H23ClF2N4O6/c1-13(33)21-17-7-6-15(25(36)37)9-19(17)32(29-21)12-20(34)30-11-18(27)23(38-2)22(30)24(35)31(28)10-14-4-3-5-16(26)8-14/h3-9,18,22-23H,10-12H2,1-2H3,(H,36,37)/t18-,22-,23+/m0/s1. The summed E-state index contributed by atoms with van der Waals surface area (Å²) in [5, 5.41) is 14.0. The summed E-state index contributed by atoms with van der Waals surface area (Å²) in [5.74, 6) is -3.64. The third-order valence-corrected chi connectivity index (χ3v) is 6.52. The van der Waals surface area contributed by atoms with E-state index in [-0.39, 0.29) is 21.9 Å². The van der Waals surface area contributed by atoms with Crippen LogP contribution in [0.25, 0.3) is 10.9 Å². The van der Waals surface area contributed by atoms with Crippen LogP contribution < -0.4 is 0 Å². The average Bonchev–Trinajstić information content (AvgIpc) is 3.40. The maximum Gasteiger partial charge on any atom is 0.335 e. The molecule has 38 heavy (non-hydrogen) atoms. The van der Waals surface area contributed by atoms with Crippen LogP contribution in [0.15, 0.2) is 42.5 Å². The van der Waals surface area contributed by atoms with Gasteiger partial charge < -0.3 is 14.7 Å². The first kappa shape index (κ1) is 27.1. The van der Waals surface area contributed by atoms with Crippen LogP contribution >= 0.6 is 11.6 Å². The first-order chi connectivity index (χ1) is 18.0. The predicted molar refractivity (Wildman–Crippen MR) is 131 cm³/mol. The second-order valence-electron chi connectivity index (χ2n) is 8.80. The zero-order valence-corrected chi connectivity index (χ0v) is 21.1. The highest BCUT2D eigenvalue weighted by Crippen LogP contribution is 2.28. The Balaban J connectivity index is 1.63. The Bertz CT molecular complexity index is 1430. The van der Waals surface area contributed by atoms with Crippen molar-refractivity contribution in [3.8, 4) is 0 Å². The van der Waals surface area contributed by atoms with Crippen molar-refractivity contribution in [2.45, 2.75) is 38.3 Å². The van der Waals surface area contributed by atoms with Crippen molar-refractivity contribution in [3.63, 3.8) is 0 Å². The number of Topliss-reactive ketones (excluding diaryl/α,β-unsaturated/α-hetero) is 1. The lowest BCUT2D eigenvalue weighted by Gasteiger charge is -2.28. The van der Waals surface area contributed by atoms with E-state index in [1.54, 1.807) is 18.2 Å². The van der Waals surface area contributed by atoms with Crippen molar-refractivity contribution in [2.24, 2.45) is 0 Å². The van der Waals surface area contributed by atoms with Crippen molar-refractivity contribution in [1.82, 2.24) is 19.8 Å². The quantitative estimate of drug-likeness (QED) is 0.339. The molecule has 1 aliphatic rings. The van der Waals surface area contributed by atoms with Crippen LogP contribution in [-0.4, -0.2) is 80.4 Å². The molecular formula is C25H23ClF2N4O6. The highest BCUT2D eigenvalue weighted by Gasteiger charge is 2.50. The summed E-state index contributed by atoms with van der Waals surface area (Å²) in [6.45, 7) is -0.339. The first-order valence-corrected chi connectivity index (χ1v) is 11.8. The van der Waals surface area contributed by atoms with E-state index < -0.39 is 61.5 Å². The highest BCUT2D eigenvalue weighted by atomic mass is 35.5. The number of ketones is 1. The smallest absolute Gasteiger partial charge is 0.335 e. The Labute approximate surface area is 220 Å². The van der Waals surface area contributed by atoms with Crippen molar-refractivity contribution in [1.29, 1.82) is 0 Å². The molecule has 200 valence electrons. The number of likely N-dealkylation sites (tertiary alicyclic amines) is 1. The second-order valence-corrected chi connectivity index (χ2v) is 9.23. The Kier molecular flexibility index (Phi) is 7.74. The monoisotopic (exact) mass is 548 g/mol. The van der Waals surface area contributed by atoms with E-state index in [2.05, 4.69) is 5.10 Å². The van der Waals surface area contributed by atoms with Crippen LogP contribution in [0.4, 0.5) is 8.87 Å². The van der Waals surface area contributed by atoms with E-state index in [0.717, 1.165) is 16.7 Å². The first-order valence-electron chi connectivity index (χ1n) is 11.4. The summed E-state index contributed by atoms with van der Waals surface area (Å²) in [7, 11) is 1.15. The molecule has 0 aliphatic carbocycles. The van der Waals surface area contributed by atoms with Gasteiger partial charge in [-0.05, 0) is 35.9 Å². The van der Waals surface area contributed by atoms with Gasteiger partial charge in [0.05, 0.1) is 24.2 Å². The minimum absolute atomic E-state index is 0.00776. The Hall–Kier alpha value is -3.90. The highest BCUT2D eigenvalue weighted by molar-refractivity contribution is 6.30. The molecule has 0 spiro atoms. The molecule has 0 bridgehead atoms. The molecule has 2 heterocycles. The Morgan fingerprint density at radius 3 is 2.58 bits per heavy atom. The van der Waals surface area contributed by atoms with Crippen molar-refractivity contribution in [2.75, 3.05) is 13.7 Å². The number of carbonyl (C=O) groups excluding carboxylic acids is 3. The number of rotatable bonds is 8. The number of ether oxygens (including phenoxy) is 1. The lowest BCUT2D eigenvalue weighted by atomic mass is 10.1. The SMILES string of the molecule is CO[C@H]1[C@@H](C(=O)N(F)Cc2cccc(Cl)c2)N(C(=O)Cn2nc(C(C)=O)c3ccc(C(=O)O)cc32)C[C@@H]1F. The molecule has 13 heteroatoms. The summed E-state index contributed by atoms with van der Waals surface area (Å²) in [6.07, 6.45) is -3.21. The molecule has 0 unspecified atom stereocenters. The van der Waals surface area contributed by atoms with Gasteiger partial charge in [0.2, 0.25) is 5.91 Å². The van der Waals surface area contributed by atoms with Gasteiger partial charge in [-0.2, -0.15) is 10.2 Å². The number of benzene rings is 2. The van der Waals surface area contributed by atoms with Gasteiger partial charge in [-0.25, -0.2) is 9.18 Å². The molecule has 0 saturated carbocycles. The summed E-state index contributed by atoms with van der Waals surface area (Å²) >= 11 is 5.92. The normalized spacial score (nSPS) is 19.1. The minimum atomic E-state index is -1.78. The number of alkyl halides is 1. The fraction of sp³-hybridized carbons (Fsp3) is 0.320. The Morgan fingerprint density at radius 1 is 1.21 bits per heavy atom. The van der Waals surface area contributed by atoms with Gasteiger partial charge in [0, 0.05) is 24.4 Å². The van der Waals surface area contributed by atoms with Crippen molar-refractivity contribution >= 4 is 46.1 Å². The molecule has 2 amide bonds. The van der Waals surface area contributed by atoms with Gasteiger partial charge in [0.25, 0.3) is 5.91 Å². The predicted octanol–water partition coefficient (Wildman–Crippen LogP) is 3.07. The minimum Gasteiger partial charge on any atom is -0.478 e. The molecule has 2 aromatic carbocycles. The molecule has 3 aromatic rings. The van der Waals surface area contributed by atoms with E-state index in [1.165, 1.54) is 31.2 Å². The fourth-order valence-corrected chi connectivity index (χ4v) is 4.72. The zero-order valence-electron chi connectivity index (χ0n) is 20.3. The summed E-state index contributed by atoms with van der Waals surface area (Å²) in [6, 6.07) is 8.51. The number of amides is 2. The summed E-state index contributed by atoms with van der Waals surface area (Å²) < 4.78 is 36.1. The number of hydrogen-bond donors (Lipinski definition) is 1. The third kappa shape index (κ3) is 5.22. The number of aromatic carboxylic acids is 1. The molecule has 10 nitrogen and oxygen atoms in total. The topological polar surface area (TPSA) is 122 Å². The maximum atomic E-state index is 15.0. The number of aromatic nitrogens is 2. The van der Waals surface area contributed by atoms with E-state index in [0.29, 0.717) is 16.0 Å². The lowest BCUT2D eigenvalue weighted by molar-refractivity contribution is -0.160. The number of carboxylic acids is 1. The van der Waals surface area contributed by atoms with Crippen LogP contribution in [0.1, 0.15) is 33.3 Å². The molecule has 1 saturated heterocycles. The fourth-order valence-electron chi connectivity index (χ4n) is 4.51. The molecule has 1 aromatic heterocycles. The molecule has 1 N–H and O–H groups in total. The van der Waals surface area contributed by atoms with Gasteiger partial charge in [-0.15, -0.1) is 0 Å². The van der Waals surface area contributed by atoms with Crippen LogP contribution in [0.5, 0.6) is 0 Å². The summed E-state index contributed by atoms with van der Waals surface area (Å²) in [4.78, 5) is 50.8.